The highest BCUT2D eigenvalue weighted by Crippen LogP contribution is 2.06. The van der Waals surface area contributed by atoms with Crippen molar-refractivity contribution < 1.29 is 0 Å². The first-order valence-corrected chi connectivity index (χ1v) is 3.95. The second kappa shape index (κ2) is 2.32. The van der Waals surface area contributed by atoms with Crippen molar-refractivity contribution in [3.05, 3.63) is 10.6 Å². The van der Waals surface area contributed by atoms with Crippen molar-refractivity contribution in [2.75, 3.05) is 6.54 Å². The number of fused-ring (bicyclic) bond motifs is 1. The Morgan fingerprint density at radius 1 is 1.60 bits per heavy atom. The van der Waals surface area contributed by atoms with Crippen molar-refractivity contribution in [3.8, 4) is 0 Å². The first-order chi connectivity index (χ1) is 4.86. The van der Waals surface area contributed by atoms with E-state index in [1.165, 1.54) is 0 Å². The highest BCUT2D eigenvalue weighted by atomic mass is 79.9. The molecule has 1 aromatic heterocycles. The van der Waals surface area contributed by atoms with Gasteiger partial charge in [-0.15, -0.1) is 5.10 Å². The summed E-state index contributed by atoms with van der Waals surface area (Å²) >= 11 is 3.22. The van der Waals surface area contributed by atoms with Crippen LogP contribution >= 0.6 is 15.9 Å². The second-order valence-corrected chi connectivity index (χ2v) is 2.91. The maximum absolute atomic E-state index is 4.16. The predicted molar refractivity (Wildman–Crippen MR) is 39.4 cm³/mol. The molecule has 5 heteroatoms. The summed E-state index contributed by atoms with van der Waals surface area (Å²) in [5.74, 6) is 1.01. The van der Waals surface area contributed by atoms with Gasteiger partial charge in [-0.1, -0.05) is 0 Å². The monoisotopic (exact) mass is 202 g/mol. The normalized spacial score (nSPS) is 16.9. The third-order valence-corrected chi connectivity index (χ3v) is 1.84. The Bertz CT molecular complexity index is 220. The second-order valence-electron chi connectivity index (χ2n) is 2.20. The average molecular weight is 203 g/mol. The summed E-state index contributed by atoms with van der Waals surface area (Å²) in [6.07, 6.45) is 0. The van der Waals surface area contributed by atoms with Crippen molar-refractivity contribution in [1.29, 1.82) is 0 Å². The zero-order valence-electron chi connectivity index (χ0n) is 5.34. The van der Waals surface area contributed by atoms with Gasteiger partial charge in [-0.25, -0.2) is 9.67 Å². The molecule has 54 valence electrons. The molecule has 0 aromatic carbocycles. The number of nitrogens with zero attached hydrogens (tertiary/aromatic N) is 3. The van der Waals surface area contributed by atoms with Gasteiger partial charge in [0.05, 0.1) is 13.1 Å². The molecule has 10 heavy (non-hydrogen) atoms. The van der Waals surface area contributed by atoms with E-state index in [9.17, 15) is 0 Å². The molecule has 0 radical (unpaired) electrons. The molecule has 0 bridgehead atoms. The Kier molecular flexibility index (Phi) is 1.46. The van der Waals surface area contributed by atoms with Crippen molar-refractivity contribution in [1.82, 2.24) is 20.1 Å². The summed E-state index contributed by atoms with van der Waals surface area (Å²) in [5, 5.41) is 7.34. The molecule has 0 atom stereocenters. The molecule has 0 saturated carbocycles. The van der Waals surface area contributed by atoms with Crippen LogP contribution in [0, 0.1) is 0 Å². The van der Waals surface area contributed by atoms with Crippen LogP contribution in [0.4, 0.5) is 0 Å². The van der Waals surface area contributed by atoms with E-state index >= 15 is 0 Å². The Labute approximate surface area is 66.8 Å². The minimum Gasteiger partial charge on any atom is -0.308 e. The molecule has 0 unspecified atom stereocenters. The first kappa shape index (κ1) is 6.30. The van der Waals surface area contributed by atoms with Gasteiger partial charge in [0.2, 0.25) is 4.73 Å². The van der Waals surface area contributed by atoms with E-state index in [1.807, 2.05) is 4.68 Å². The SMILES string of the molecule is Brc1nc2n(n1)CCNC2. The molecule has 0 spiro atoms. The minimum absolute atomic E-state index is 0.686. The Balaban J connectivity index is 2.41. The number of nitrogens with one attached hydrogen (secondary N) is 1. The van der Waals surface area contributed by atoms with E-state index in [0.717, 1.165) is 25.5 Å². The van der Waals surface area contributed by atoms with Gasteiger partial charge in [0, 0.05) is 6.54 Å². The summed E-state index contributed by atoms with van der Waals surface area (Å²) < 4.78 is 2.60. The molecule has 2 rings (SSSR count). The highest BCUT2D eigenvalue weighted by Gasteiger charge is 2.10. The number of aromatic nitrogens is 3. The van der Waals surface area contributed by atoms with Crippen LogP contribution in [-0.4, -0.2) is 21.3 Å². The van der Waals surface area contributed by atoms with Gasteiger partial charge in [0.15, 0.2) is 0 Å². The van der Waals surface area contributed by atoms with E-state index in [1.54, 1.807) is 0 Å². The lowest BCUT2D eigenvalue weighted by Crippen LogP contribution is -2.28. The van der Waals surface area contributed by atoms with Crippen LogP contribution in [0.5, 0.6) is 0 Å². The van der Waals surface area contributed by atoms with Crippen molar-refractivity contribution in [2.24, 2.45) is 0 Å². The zero-order valence-corrected chi connectivity index (χ0v) is 6.93. The Morgan fingerprint density at radius 2 is 2.50 bits per heavy atom. The van der Waals surface area contributed by atoms with E-state index in [4.69, 9.17) is 0 Å². The summed E-state index contributed by atoms with van der Waals surface area (Å²) in [6.45, 7) is 2.75. The maximum atomic E-state index is 4.16. The fourth-order valence-corrected chi connectivity index (χ4v) is 1.44. The van der Waals surface area contributed by atoms with Crippen LogP contribution in [0.1, 0.15) is 5.82 Å². The van der Waals surface area contributed by atoms with Gasteiger partial charge >= 0.3 is 0 Å². The predicted octanol–water partition coefficient (Wildman–Crippen LogP) is 0.144. The minimum atomic E-state index is 0.686. The summed E-state index contributed by atoms with van der Waals surface area (Å²) in [5.41, 5.74) is 0. The quantitative estimate of drug-likeness (QED) is 0.652. The lowest BCUT2D eigenvalue weighted by atomic mass is 10.4. The van der Waals surface area contributed by atoms with Crippen LogP contribution < -0.4 is 5.32 Å². The summed E-state index contributed by atoms with van der Waals surface area (Å²) in [4.78, 5) is 4.16. The Morgan fingerprint density at radius 3 is 3.30 bits per heavy atom. The maximum Gasteiger partial charge on any atom is 0.217 e. The third-order valence-electron chi connectivity index (χ3n) is 1.51. The van der Waals surface area contributed by atoms with E-state index in [-0.39, 0.29) is 0 Å². The standard InChI is InChI=1S/C5H7BrN4/c6-5-8-4-3-7-1-2-10(4)9-5/h7H,1-3H2. The molecule has 1 aliphatic rings. The number of halogens is 1. The number of hydrogen-bond acceptors (Lipinski definition) is 3. The molecular formula is C5H7BrN4. The molecule has 1 N–H and O–H groups in total. The van der Waals surface area contributed by atoms with Crippen molar-refractivity contribution in [3.63, 3.8) is 0 Å². The summed E-state index contributed by atoms with van der Waals surface area (Å²) in [6, 6.07) is 0. The molecule has 0 aliphatic carbocycles. The smallest absolute Gasteiger partial charge is 0.217 e. The molecule has 0 fully saturated rings. The third kappa shape index (κ3) is 0.951. The van der Waals surface area contributed by atoms with Gasteiger partial charge in [-0.05, 0) is 15.9 Å². The van der Waals surface area contributed by atoms with Gasteiger partial charge in [-0.2, -0.15) is 0 Å². The highest BCUT2D eigenvalue weighted by molar-refractivity contribution is 9.10. The lowest BCUT2D eigenvalue weighted by Gasteiger charge is -2.11. The molecule has 1 aromatic rings. The van der Waals surface area contributed by atoms with Crippen molar-refractivity contribution in [2.45, 2.75) is 13.1 Å². The largest absolute Gasteiger partial charge is 0.308 e. The van der Waals surface area contributed by atoms with Crippen LogP contribution in [0.15, 0.2) is 4.73 Å². The molecular weight excluding hydrogens is 196 g/mol. The topological polar surface area (TPSA) is 42.7 Å². The van der Waals surface area contributed by atoms with E-state index in [2.05, 4.69) is 31.3 Å². The average Bonchev–Trinajstić information content (AvgIpc) is 2.27. The first-order valence-electron chi connectivity index (χ1n) is 3.16. The van der Waals surface area contributed by atoms with E-state index in [0.29, 0.717) is 4.73 Å². The number of hydrogen-bond donors (Lipinski definition) is 1. The van der Waals surface area contributed by atoms with Gasteiger partial charge in [-0.3, -0.25) is 0 Å². The van der Waals surface area contributed by atoms with Crippen LogP contribution in [0.25, 0.3) is 0 Å². The fraction of sp³-hybridized carbons (Fsp3) is 0.600. The fourth-order valence-electron chi connectivity index (χ4n) is 1.04. The molecule has 0 saturated heterocycles. The van der Waals surface area contributed by atoms with Gasteiger partial charge < -0.3 is 5.32 Å². The molecule has 4 nitrogen and oxygen atoms in total. The van der Waals surface area contributed by atoms with E-state index < -0.39 is 0 Å². The van der Waals surface area contributed by atoms with Crippen LogP contribution in [-0.2, 0) is 13.1 Å². The number of rotatable bonds is 0. The Hall–Kier alpha value is -0.420. The van der Waals surface area contributed by atoms with Gasteiger partial charge in [0.1, 0.15) is 5.82 Å². The molecule has 1 aliphatic heterocycles. The van der Waals surface area contributed by atoms with Gasteiger partial charge in [0.25, 0.3) is 0 Å². The lowest BCUT2D eigenvalue weighted by molar-refractivity contribution is 0.468. The molecule has 2 heterocycles. The molecule has 0 amide bonds. The van der Waals surface area contributed by atoms with Crippen LogP contribution in [0.2, 0.25) is 0 Å². The van der Waals surface area contributed by atoms with Crippen LogP contribution in [0.3, 0.4) is 0 Å². The summed E-state index contributed by atoms with van der Waals surface area (Å²) in [7, 11) is 0. The van der Waals surface area contributed by atoms with Crippen molar-refractivity contribution >= 4 is 15.9 Å². The zero-order chi connectivity index (χ0) is 6.97.